The van der Waals surface area contributed by atoms with E-state index in [1.54, 1.807) is 12.1 Å². The average molecular weight is 342 g/mol. The molecule has 6 heteroatoms. The van der Waals surface area contributed by atoms with Crippen LogP contribution in [0.25, 0.3) is 0 Å². The minimum atomic E-state index is -0.455. The molecule has 6 nitrogen and oxygen atoms in total. The Labute approximate surface area is 147 Å². The monoisotopic (exact) mass is 342 g/mol. The van der Waals surface area contributed by atoms with Crippen molar-refractivity contribution in [2.75, 3.05) is 13.2 Å². The molecule has 0 spiro atoms. The number of para-hydroxylation sites is 1. The number of amides is 2. The summed E-state index contributed by atoms with van der Waals surface area (Å²) in [4.78, 5) is 23.5. The lowest BCUT2D eigenvalue weighted by molar-refractivity contribution is -0.131. The number of hydrogen-bond donors (Lipinski definition) is 2. The highest BCUT2D eigenvalue weighted by Gasteiger charge is 2.08. The van der Waals surface area contributed by atoms with Crippen LogP contribution in [0.1, 0.15) is 16.7 Å². The summed E-state index contributed by atoms with van der Waals surface area (Å²) in [5, 5.41) is 0. The summed E-state index contributed by atoms with van der Waals surface area (Å²) in [7, 11) is 0. The first-order chi connectivity index (χ1) is 12.0. The van der Waals surface area contributed by atoms with Crippen molar-refractivity contribution >= 4 is 11.8 Å². The maximum Gasteiger partial charge on any atom is 0.276 e. The lowest BCUT2D eigenvalue weighted by Gasteiger charge is -2.12. The molecule has 2 aromatic rings. The number of benzene rings is 2. The zero-order chi connectivity index (χ0) is 18.2. The lowest BCUT2D eigenvalue weighted by Crippen LogP contribution is -2.45. The summed E-state index contributed by atoms with van der Waals surface area (Å²) in [5.41, 5.74) is 7.58. The van der Waals surface area contributed by atoms with Gasteiger partial charge in [0.05, 0.1) is 0 Å². The lowest BCUT2D eigenvalue weighted by atomic mass is 10.1. The van der Waals surface area contributed by atoms with Crippen molar-refractivity contribution in [2.45, 2.75) is 20.8 Å². The van der Waals surface area contributed by atoms with Crippen LogP contribution >= 0.6 is 0 Å². The second-order valence-corrected chi connectivity index (χ2v) is 5.64. The number of carbonyl (C=O) groups is 2. The van der Waals surface area contributed by atoms with E-state index in [-0.39, 0.29) is 13.2 Å². The number of aryl methyl sites for hydroxylation is 2. The molecule has 0 saturated carbocycles. The quantitative estimate of drug-likeness (QED) is 0.789. The molecular weight excluding hydrogens is 320 g/mol. The highest BCUT2D eigenvalue weighted by atomic mass is 16.5. The van der Waals surface area contributed by atoms with E-state index < -0.39 is 11.8 Å². The molecule has 0 atom stereocenters. The zero-order valence-corrected chi connectivity index (χ0v) is 14.6. The molecule has 25 heavy (non-hydrogen) atoms. The van der Waals surface area contributed by atoms with Gasteiger partial charge in [-0.2, -0.15) is 0 Å². The minimum Gasteiger partial charge on any atom is -0.483 e. The van der Waals surface area contributed by atoms with E-state index in [9.17, 15) is 9.59 Å². The molecule has 2 amide bonds. The van der Waals surface area contributed by atoms with Crippen molar-refractivity contribution in [1.82, 2.24) is 10.9 Å². The number of carbonyl (C=O) groups excluding carboxylic acids is 2. The van der Waals surface area contributed by atoms with Crippen molar-refractivity contribution in [1.29, 1.82) is 0 Å². The van der Waals surface area contributed by atoms with Gasteiger partial charge in [0.15, 0.2) is 13.2 Å². The summed E-state index contributed by atoms with van der Waals surface area (Å²) in [6.45, 7) is 5.40. The average Bonchev–Trinajstić information content (AvgIpc) is 2.60. The van der Waals surface area contributed by atoms with Crippen LogP contribution in [0.5, 0.6) is 11.5 Å². The van der Waals surface area contributed by atoms with E-state index >= 15 is 0 Å². The third-order valence-corrected chi connectivity index (χ3v) is 3.71. The molecule has 2 N–H and O–H groups in total. The predicted molar refractivity (Wildman–Crippen MR) is 94.4 cm³/mol. The first-order valence-corrected chi connectivity index (χ1v) is 7.92. The summed E-state index contributed by atoms with van der Waals surface area (Å²) in [6, 6.07) is 13.0. The highest BCUT2D eigenvalue weighted by Crippen LogP contribution is 2.20. The summed E-state index contributed by atoms with van der Waals surface area (Å²) in [6.07, 6.45) is 0. The molecule has 0 fully saturated rings. The van der Waals surface area contributed by atoms with Gasteiger partial charge in [0.2, 0.25) is 0 Å². The maximum absolute atomic E-state index is 11.8. The van der Waals surface area contributed by atoms with E-state index in [0.29, 0.717) is 11.5 Å². The van der Waals surface area contributed by atoms with Gasteiger partial charge < -0.3 is 9.47 Å². The summed E-state index contributed by atoms with van der Waals surface area (Å²) in [5.74, 6) is 0.361. The van der Waals surface area contributed by atoms with E-state index in [1.807, 2.05) is 51.1 Å². The van der Waals surface area contributed by atoms with Crippen LogP contribution in [-0.2, 0) is 9.59 Å². The Morgan fingerprint density at radius 2 is 1.28 bits per heavy atom. The molecule has 2 rings (SSSR count). The van der Waals surface area contributed by atoms with Gasteiger partial charge in [-0.25, -0.2) is 0 Å². The van der Waals surface area contributed by atoms with Gasteiger partial charge in [-0.15, -0.1) is 0 Å². The smallest absolute Gasteiger partial charge is 0.276 e. The Hall–Kier alpha value is -3.02. The first-order valence-electron chi connectivity index (χ1n) is 7.92. The van der Waals surface area contributed by atoms with Gasteiger partial charge in [-0.3, -0.25) is 20.4 Å². The van der Waals surface area contributed by atoms with Crippen molar-refractivity contribution in [3.05, 3.63) is 59.2 Å². The molecule has 0 saturated heterocycles. The third kappa shape index (κ3) is 5.53. The normalized spacial score (nSPS) is 10.0. The van der Waals surface area contributed by atoms with Crippen LogP contribution < -0.4 is 20.3 Å². The van der Waals surface area contributed by atoms with Crippen LogP contribution in [0.4, 0.5) is 0 Å². The van der Waals surface area contributed by atoms with Crippen molar-refractivity contribution < 1.29 is 19.1 Å². The van der Waals surface area contributed by atoms with Crippen LogP contribution in [0.3, 0.4) is 0 Å². The van der Waals surface area contributed by atoms with Crippen LogP contribution in [0.15, 0.2) is 42.5 Å². The molecular formula is C19H22N2O4. The molecule has 0 heterocycles. The number of nitrogens with one attached hydrogen (secondary N) is 2. The Kier molecular flexibility index (Phi) is 6.39. The van der Waals surface area contributed by atoms with Gasteiger partial charge in [-0.1, -0.05) is 30.3 Å². The Morgan fingerprint density at radius 1 is 0.760 bits per heavy atom. The second kappa shape index (κ2) is 8.73. The topological polar surface area (TPSA) is 76.7 Å². The number of hydrogen-bond acceptors (Lipinski definition) is 4. The second-order valence-electron chi connectivity index (χ2n) is 5.64. The fourth-order valence-corrected chi connectivity index (χ4v) is 2.10. The van der Waals surface area contributed by atoms with Gasteiger partial charge in [0, 0.05) is 0 Å². The first kappa shape index (κ1) is 18.3. The third-order valence-electron chi connectivity index (χ3n) is 3.71. The SMILES string of the molecule is Cc1ccccc1OCC(=O)NNC(=O)COc1cccc(C)c1C. The van der Waals surface area contributed by atoms with Crippen LogP contribution in [-0.4, -0.2) is 25.0 Å². The van der Waals surface area contributed by atoms with Crippen LogP contribution in [0, 0.1) is 20.8 Å². The number of hydrazine groups is 1. The predicted octanol–water partition coefficient (Wildman–Crippen LogP) is 2.22. The van der Waals surface area contributed by atoms with E-state index in [4.69, 9.17) is 9.47 Å². The zero-order valence-electron chi connectivity index (χ0n) is 14.6. The van der Waals surface area contributed by atoms with Crippen LogP contribution in [0.2, 0.25) is 0 Å². The molecule has 132 valence electrons. The molecule has 2 aromatic carbocycles. The molecule has 0 aliphatic rings. The van der Waals surface area contributed by atoms with E-state index in [0.717, 1.165) is 16.7 Å². The van der Waals surface area contributed by atoms with Crippen molar-refractivity contribution in [2.24, 2.45) is 0 Å². The fraction of sp³-hybridized carbons (Fsp3) is 0.263. The highest BCUT2D eigenvalue weighted by molar-refractivity contribution is 5.83. The summed E-state index contributed by atoms with van der Waals surface area (Å²) < 4.78 is 10.9. The molecule has 0 unspecified atom stereocenters. The van der Waals surface area contributed by atoms with Gasteiger partial charge in [0.25, 0.3) is 11.8 Å². The number of ether oxygens (including phenoxy) is 2. The Morgan fingerprint density at radius 3 is 1.92 bits per heavy atom. The molecule has 0 bridgehead atoms. The van der Waals surface area contributed by atoms with Crippen molar-refractivity contribution in [3.8, 4) is 11.5 Å². The summed E-state index contributed by atoms with van der Waals surface area (Å²) >= 11 is 0. The van der Waals surface area contributed by atoms with Gasteiger partial charge in [0.1, 0.15) is 11.5 Å². The largest absolute Gasteiger partial charge is 0.483 e. The van der Waals surface area contributed by atoms with Crippen molar-refractivity contribution in [3.63, 3.8) is 0 Å². The molecule has 0 radical (unpaired) electrons. The molecule has 0 aliphatic heterocycles. The Balaban J connectivity index is 1.71. The molecule has 0 aromatic heterocycles. The van der Waals surface area contributed by atoms with E-state index in [1.165, 1.54) is 0 Å². The van der Waals surface area contributed by atoms with Gasteiger partial charge >= 0.3 is 0 Å². The van der Waals surface area contributed by atoms with Gasteiger partial charge in [-0.05, 0) is 49.6 Å². The standard InChI is InChI=1S/C19H22N2O4/c1-13-8-6-10-17(15(13)3)25-12-19(23)21-20-18(22)11-24-16-9-5-4-7-14(16)2/h4-10H,11-12H2,1-3H3,(H,20,22)(H,21,23). The van der Waals surface area contributed by atoms with E-state index in [2.05, 4.69) is 10.9 Å². The minimum absolute atomic E-state index is 0.191. The maximum atomic E-state index is 11.8. The fourth-order valence-electron chi connectivity index (χ4n) is 2.10. The number of rotatable bonds is 6. The Bertz CT molecular complexity index is 759. The molecule has 0 aliphatic carbocycles.